The largest absolute Gasteiger partial charge is 0.507 e. The van der Waals surface area contributed by atoms with Gasteiger partial charge in [-0.25, -0.2) is 4.79 Å². The number of esters is 3. The van der Waals surface area contributed by atoms with Crippen LogP contribution in [0.5, 0.6) is 0 Å². The predicted molar refractivity (Wildman–Crippen MR) is 265 cm³/mol. The maximum absolute atomic E-state index is 10.6. The Morgan fingerprint density at radius 1 is 0.333 bits per heavy atom. The van der Waals surface area contributed by atoms with Crippen LogP contribution in [0.2, 0.25) is 0 Å². The summed E-state index contributed by atoms with van der Waals surface area (Å²) in [6.07, 6.45) is 4.51. The summed E-state index contributed by atoms with van der Waals surface area (Å²) in [5.41, 5.74) is 0. The van der Waals surface area contributed by atoms with Crippen molar-refractivity contribution in [3.63, 3.8) is 0 Å². The fourth-order valence-corrected chi connectivity index (χ4v) is 1.31. The van der Waals surface area contributed by atoms with Crippen LogP contribution in [0.3, 0.4) is 0 Å². The highest BCUT2D eigenvalue weighted by molar-refractivity contribution is 5.98. The van der Waals surface area contributed by atoms with Gasteiger partial charge in [-0.1, -0.05) is 121 Å². The smallest absolute Gasteiger partial charge is 0.469 e. The second-order valence-electron chi connectivity index (χ2n) is 10.2. The second kappa shape index (κ2) is 107. The van der Waals surface area contributed by atoms with Crippen molar-refractivity contribution in [1.82, 2.24) is 0 Å². The number of rotatable bonds is 11. The second-order valence-corrected chi connectivity index (χ2v) is 10.2. The summed E-state index contributed by atoms with van der Waals surface area (Å²) in [6, 6.07) is 0. The summed E-state index contributed by atoms with van der Waals surface area (Å²) in [6.45, 7) is 22.9. The van der Waals surface area contributed by atoms with Crippen LogP contribution < -0.4 is 0 Å². The van der Waals surface area contributed by atoms with Crippen molar-refractivity contribution in [1.29, 1.82) is 0 Å². The van der Waals surface area contributed by atoms with E-state index in [0.717, 1.165) is 0 Å². The number of hydrogen-bond donors (Lipinski definition) is 0. The van der Waals surface area contributed by atoms with Gasteiger partial charge in [-0.2, -0.15) is 0 Å². The Labute approximate surface area is 390 Å². The lowest BCUT2D eigenvalue weighted by atomic mass is 10.1. The molecule has 0 saturated carbocycles. The van der Waals surface area contributed by atoms with Gasteiger partial charge < -0.3 is 38.0 Å². The predicted octanol–water partition coefficient (Wildman–Crippen LogP) is 12.1. The molecule has 0 aromatic carbocycles. The van der Waals surface area contributed by atoms with E-state index < -0.39 is 12.1 Å². The van der Waals surface area contributed by atoms with E-state index in [2.05, 4.69) is 42.3 Å². The third kappa shape index (κ3) is 233. The van der Waals surface area contributed by atoms with Crippen molar-refractivity contribution < 1.29 is 76.4 Å². The molecule has 0 spiro atoms. The Morgan fingerprint density at radius 2 is 0.540 bits per heavy atom. The van der Waals surface area contributed by atoms with E-state index in [-0.39, 0.29) is 106 Å². The zero-order chi connectivity index (χ0) is 47.1. The van der Waals surface area contributed by atoms with E-state index in [4.69, 9.17) is 0 Å². The number of ketones is 6. The fourth-order valence-electron chi connectivity index (χ4n) is 1.31. The molecule has 16 nitrogen and oxygen atoms in total. The maximum atomic E-state index is 10.6. The number of carbonyl (C=O) groups is 10. The van der Waals surface area contributed by atoms with E-state index in [0.29, 0.717) is 50.7 Å². The van der Waals surface area contributed by atoms with Crippen LogP contribution in [0.4, 0.5) is 4.79 Å². The molecular formula is C47H108O16. The van der Waals surface area contributed by atoms with E-state index in [1.54, 1.807) is 48.8 Å². The highest BCUT2D eigenvalue weighted by Gasteiger charge is 2.05. The van der Waals surface area contributed by atoms with Crippen molar-refractivity contribution in [2.24, 2.45) is 0 Å². The summed E-state index contributed by atoms with van der Waals surface area (Å²) in [4.78, 5) is 101. The Bertz CT molecular complexity index is 827. The molecule has 0 fully saturated rings. The molecule has 0 saturated heterocycles. The lowest BCUT2D eigenvalue weighted by molar-refractivity contribution is -0.143. The monoisotopic (exact) mass is 929 g/mol. The molecule has 0 heterocycles. The molecule has 16 heteroatoms. The molecular weight excluding hydrogens is 821 g/mol. The average molecular weight is 929 g/mol. The molecule has 392 valence electrons. The van der Waals surface area contributed by atoms with E-state index in [1.807, 2.05) is 20.8 Å². The van der Waals surface area contributed by atoms with Gasteiger partial charge in [0.15, 0.2) is 0 Å². The van der Waals surface area contributed by atoms with Gasteiger partial charge >= 0.3 is 24.1 Å². The number of hydrogen-bond acceptors (Lipinski definition) is 16. The van der Waals surface area contributed by atoms with Gasteiger partial charge in [0.2, 0.25) is 0 Å². The molecule has 0 bridgehead atoms. The Balaban J connectivity index is -0.0000000250. The minimum absolute atomic E-state index is 0. The first-order chi connectivity index (χ1) is 25.9. The van der Waals surface area contributed by atoms with Crippen LogP contribution in [0.25, 0.3) is 0 Å². The third-order valence-corrected chi connectivity index (χ3v) is 4.57. The standard InChI is InChI=1S/C7H12O2.C6H10O3.C5H10O.C4H8O2.C4H8O.C3H6O3.C3H6O2.C3H6O.C3H8.C2H6O.7CH4/c1-3-6(8)5-7(9)4-2;1-3-5(7)4-6(8)9-2;1-3-5(6)4-2;1-3-4(5)6-2;1-3-4(2)5;1-5-3(4)6-2;1-3(4)5-2;1-3(2)4;2*1-3-2;;;;;;;/h3-5H2,1-2H3;3-4H2,1-2H3;3-4H2,1-2H3;3H2,1-2H3;3H2,1-2H3;1-2H3;1-2H3;1-2H3;3H2,1-2H3;1-2H3;7*1H4. The van der Waals surface area contributed by atoms with Crippen LogP contribution >= 0.6 is 0 Å². The van der Waals surface area contributed by atoms with Crippen LogP contribution in [0.1, 0.15) is 206 Å². The van der Waals surface area contributed by atoms with E-state index in [9.17, 15) is 47.9 Å². The Hall–Kier alpha value is -4.34. The van der Waals surface area contributed by atoms with Crippen LogP contribution in [0.15, 0.2) is 0 Å². The minimum Gasteiger partial charge on any atom is -0.469 e. The third-order valence-electron chi connectivity index (χ3n) is 4.57. The fraction of sp³-hybridized carbons (Fsp3) is 0.787. The van der Waals surface area contributed by atoms with Gasteiger partial charge in [0, 0.05) is 66.1 Å². The first kappa shape index (κ1) is 112. The van der Waals surface area contributed by atoms with Crippen LogP contribution in [0, 0.1) is 0 Å². The van der Waals surface area contributed by atoms with E-state index >= 15 is 0 Å². The highest BCUT2D eigenvalue weighted by atomic mass is 16.7. The lowest BCUT2D eigenvalue weighted by Gasteiger charge is -1.93. The van der Waals surface area contributed by atoms with E-state index in [1.165, 1.54) is 62.7 Å². The van der Waals surface area contributed by atoms with Crippen LogP contribution in [-0.2, 0) is 71.6 Å². The highest BCUT2D eigenvalue weighted by Crippen LogP contribution is 1.93. The average Bonchev–Trinajstić information content (AvgIpc) is 3.18. The van der Waals surface area contributed by atoms with Gasteiger partial charge in [0.1, 0.15) is 41.1 Å². The zero-order valence-corrected chi connectivity index (χ0v) is 38.6. The number of ether oxygens (including phenoxy) is 6. The summed E-state index contributed by atoms with van der Waals surface area (Å²) in [5, 5.41) is 0. The summed E-state index contributed by atoms with van der Waals surface area (Å²) in [7, 11) is 9.76. The Morgan fingerprint density at radius 3 is 0.619 bits per heavy atom. The molecule has 0 unspecified atom stereocenters. The normalized spacial score (nSPS) is 6.86. The van der Waals surface area contributed by atoms with Gasteiger partial charge in [0.25, 0.3) is 0 Å². The summed E-state index contributed by atoms with van der Waals surface area (Å²) < 4.78 is 25.0. The maximum Gasteiger partial charge on any atom is 0.507 e. The van der Waals surface area contributed by atoms with Crippen molar-refractivity contribution in [3.8, 4) is 0 Å². The van der Waals surface area contributed by atoms with Crippen molar-refractivity contribution in [2.75, 3.05) is 49.8 Å². The SMILES string of the molecule is C.C.C.C.C.C.C.CC(C)=O.CCC.CCC(=O)CC.CCC(=O)CC(=O)CC.CCC(=O)CC(=O)OC.CCC(=O)OC.CCC(C)=O.COC.COC(=O)OC.COC(C)=O. The minimum atomic E-state index is -0.657. The molecule has 0 aliphatic carbocycles. The van der Waals surface area contributed by atoms with Crippen LogP contribution in [-0.4, -0.2) is 109 Å². The molecule has 0 aromatic rings. The number of methoxy groups -OCH3 is 6. The van der Waals surface area contributed by atoms with Gasteiger partial charge in [-0.05, 0) is 20.8 Å². The molecule has 63 heavy (non-hydrogen) atoms. The summed E-state index contributed by atoms with van der Waals surface area (Å²) in [5.74, 6) is -0.0904. The molecule has 0 rings (SSSR count). The number of carbonyl (C=O) groups excluding carboxylic acids is 10. The zero-order valence-electron chi connectivity index (χ0n) is 38.6. The van der Waals surface area contributed by atoms with Gasteiger partial charge in [0.05, 0.1) is 42.0 Å². The first-order valence-electron chi connectivity index (χ1n) is 18.2. The van der Waals surface area contributed by atoms with Crippen molar-refractivity contribution in [3.05, 3.63) is 0 Å². The molecule has 0 aliphatic rings. The van der Waals surface area contributed by atoms with Gasteiger partial charge in [-0.15, -0.1) is 0 Å². The first-order valence-corrected chi connectivity index (χ1v) is 18.2. The van der Waals surface area contributed by atoms with Crippen molar-refractivity contribution in [2.45, 2.75) is 206 Å². The van der Waals surface area contributed by atoms with Crippen molar-refractivity contribution >= 4 is 58.8 Å². The van der Waals surface area contributed by atoms with Gasteiger partial charge in [-0.3, -0.25) is 33.6 Å². The number of Topliss-reactive ketones (excluding diaryl/α,β-unsaturated/α-hetero) is 6. The molecule has 0 atom stereocenters. The topological polar surface area (TPSA) is 226 Å². The molecule has 0 amide bonds. The quantitative estimate of drug-likeness (QED) is 0.107. The summed E-state index contributed by atoms with van der Waals surface area (Å²) >= 11 is 0. The molecule has 0 radical (unpaired) electrons. The molecule has 0 aliphatic heterocycles. The lowest BCUT2D eigenvalue weighted by Crippen LogP contribution is -2.07. The molecule has 0 N–H and O–H groups in total. The Kier molecular flexibility index (Phi) is 190. The molecule has 0 aromatic heterocycles.